The Labute approximate surface area is 236 Å². The van der Waals surface area contributed by atoms with Gasteiger partial charge in [-0.25, -0.2) is 9.78 Å². The fourth-order valence-electron chi connectivity index (χ4n) is 4.95. The van der Waals surface area contributed by atoms with Crippen LogP contribution in [0.25, 0.3) is 0 Å². The third-order valence-electron chi connectivity index (χ3n) is 7.51. The van der Waals surface area contributed by atoms with Gasteiger partial charge in [-0.15, -0.1) is 11.3 Å². The van der Waals surface area contributed by atoms with Crippen molar-refractivity contribution < 1.29 is 28.7 Å². The lowest BCUT2D eigenvalue weighted by molar-refractivity contribution is -0.149. The molecule has 5 atom stereocenters. The quantitative estimate of drug-likeness (QED) is 0.358. The van der Waals surface area contributed by atoms with Crippen LogP contribution >= 0.6 is 11.3 Å². The largest absolute Gasteiger partial charge is 0.461 e. The van der Waals surface area contributed by atoms with Gasteiger partial charge in [-0.05, 0) is 45.2 Å². The van der Waals surface area contributed by atoms with Crippen molar-refractivity contribution in [2.24, 2.45) is 11.8 Å². The molecule has 0 aliphatic carbocycles. The Kier molecular flexibility index (Phi) is 12.8. The van der Waals surface area contributed by atoms with Crippen LogP contribution in [0.1, 0.15) is 95.2 Å². The highest BCUT2D eigenvalue weighted by molar-refractivity contribution is 7.09. The minimum Gasteiger partial charge on any atom is -0.461 e. The first kappa shape index (κ1) is 32.7. The molecule has 0 saturated carbocycles. The van der Waals surface area contributed by atoms with Gasteiger partial charge in [-0.3, -0.25) is 19.3 Å². The highest BCUT2D eigenvalue weighted by Crippen LogP contribution is 2.31. The van der Waals surface area contributed by atoms with Gasteiger partial charge in [-0.1, -0.05) is 40.5 Å². The second-order valence-electron chi connectivity index (χ2n) is 10.7. The van der Waals surface area contributed by atoms with Gasteiger partial charge in [0.1, 0.15) is 11.0 Å². The van der Waals surface area contributed by atoms with E-state index in [9.17, 15) is 19.2 Å². The molecule has 1 aromatic heterocycles. The van der Waals surface area contributed by atoms with Crippen LogP contribution in [0.5, 0.6) is 0 Å². The molecule has 1 aliphatic heterocycles. The molecule has 2 heterocycles. The predicted octanol–water partition coefficient (Wildman–Crippen LogP) is 3.81. The van der Waals surface area contributed by atoms with Gasteiger partial charge in [-0.2, -0.15) is 0 Å². The fraction of sp³-hybridized carbons (Fsp3) is 0.750. The molecule has 2 rings (SSSR count). The number of likely N-dealkylation sites (tertiary alicyclic amines) is 1. The first-order valence-corrected chi connectivity index (χ1v) is 14.9. The van der Waals surface area contributed by atoms with Crippen molar-refractivity contribution >= 4 is 35.1 Å². The molecule has 0 radical (unpaired) electrons. The van der Waals surface area contributed by atoms with Crippen LogP contribution in [0.15, 0.2) is 5.38 Å². The first-order valence-electron chi connectivity index (χ1n) is 14.0. The summed E-state index contributed by atoms with van der Waals surface area (Å²) in [5, 5.41) is 5.12. The zero-order valence-corrected chi connectivity index (χ0v) is 25.5. The topological polar surface area (TPSA) is 118 Å². The van der Waals surface area contributed by atoms with Gasteiger partial charge < -0.3 is 19.7 Å². The Bertz CT molecular complexity index is 983. The van der Waals surface area contributed by atoms with E-state index in [-0.39, 0.29) is 48.0 Å². The minimum atomic E-state index is -0.745. The number of nitrogens with zero attached hydrogens (tertiary/aromatic N) is 3. The van der Waals surface area contributed by atoms with Gasteiger partial charge >= 0.3 is 11.9 Å². The maximum absolute atomic E-state index is 13.9. The molecule has 1 aliphatic rings. The maximum atomic E-state index is 13.9. The van der Waals surface area contributed by atoms with Crippen LogP contribution in [0.2, 0.25) is 0 Å². The van der Waals surface area contributed by atoms with Crippen molar-refractivity contribution in [3.8, 4) is 0 Å². The monoisotopic (exact) mass is 566 g/mol. The van der Waals surface area contributed by atoms with Crippen LogP contribution in [0, 0.1) is 11.8 Å². The number of piperidine rings is 1. The second kappa shape index (κ2) is 15.3. The number of ether oxygens (including phenoxy) is 2. The number of thiazole rings is 1. The minimum absolute atomic E-state index is 0.0132. The number of rotatable bonds is 13. The number of esters is 2. The average Bonchev–Trinajstić information content (AvgIpc) is 3.39. The number of likely N-dealkylation sites (N-methyl/N-ethyl adjacent to an activating group) is 2. The number of nitrogens with one attached hydrogen (secondary N) is 1. The van der Waals surface area contributed by atoms with Crippen molar-refractivity contribution in [1.29, 1.82) is 0 Å². The lowest BCUT2D eigenvalue weighted by Gasteiger charge is -2.38. The van der Waals surface area contributed by atoms with Crippen LogP contribution < -0.4 is 5.32 Å². The molecule has 0 unspecified atom stereocenters. The number of carbonyl (C=O) groups excluding carboxylic acids is 4. The SMILES string of the molecule is CCOC(=O)c1csc([C@@H](C[C@H](C(C)C)N(C)C(=O)[C@@H](NC(=O)[C@H]2CCCCN2C)[C@@H](C)CC)OC(C)=O)n1. The number of amides is 2. The summed E-state index contributed by atoms with van der Waals surface area (Å²) in [5.74, 6) is -1.36. The van der Waals surface area contributed by atoms with E-state index in [4.69, 9.17) is 9.47 Å². The van der Waals surface area contributed by atoms with Gasteiger partial charge in [0.2, 0.25) is 11.8 Å². The summed E-state index contributed by atoms with van der Waals surface area (Å²) in [6, 6.07) is -1.24. The lowest BCUT2D eigenvalue weighted by Crippen LogP contribution is -2.58. The molecule has 2 amide bonds. The van der Waals surface area contributed by atoms with Gasteiger partial charge in [0.25, 0.3) is 0 Å². The van der Waals surface area contributed by atoms with E-state index in [0.29, 0.717) is 11.4 Å². The summed E-state index contributed by atoms with van der Waals surface area (Å²) in [5.41, 5.74) is 0.159. The van der Waals surface area contributed by atoms with E-state index < -0.39 is 24.1 Å². The third-order valence-corrected chi connectivity index (χ3v) is 8.45. The normalized spacial score (nSPS) is 19.1. The van der Waals surface area contributed by atoms with E-state index in [1.807, 2.05) is 34.7 Å². The van der Waals surface area contributed by atoms with E-state index in [1.165, 1.54) is 18.3 Å². The smallest absolute Gasteiger partial charge is 0.357 e. The predicted molar refractivity (Wildman–Crippen MR) is 150 cm³/mol. The highest BCUT2D eigenvalue weighted by atomic mass is 32.1. The second-order valence-corrected chi connectivity index (χ2v) is 11.6. The molecular formula is C28H46N4O6S. The summed E-state index contributed by atoms with van der Waals surface area (Å²) in [6.07, 6.45) is 3.11. The molecule has 39 heavy (non-hydrogen) atoms. The zero-order chi connectivity index (χ0) is 29.3. The number of aromatic nitrogens is 1. The lowest BCUT2D eigenvalue weighted by atomic mass is 9.92. The van der Waals surface area contributed by atoms with Crippen LogP contribution in [0.3, 0.4) is 0 Å². The Morgan fingerprint density at radius 3 is 2.46 bits per heavy atom. The Hall–Kier alpha value is -2.53. The summed E-state index contributed by atoms with van der Waals surface area (Å²) >= 11 is 1.21. The Balaban J connectivity index is 2.27. The summed E-state index contributed by atoms with van der Waals surface area (Å²) in [6.45, 7) is 12.1. The summed E-state index contributed by atoms with van der Waals surface area (Å²) in [7, 11) is 3.68. The molecule has 1 saturated heterocycles. The van der Waals surface area contributed by atoms with E-state index in [1.54, 1.807) is 24.3 Å². The summed E-state index contributed by atoms with van der Waals surface area (Å²) < 4.78 is 10.7. The molecule has 1 aromatic rings. The maximum Gasteiger partial charge on any atom is 0.357 e. The van der Waals surface area contributed by atoms with E-state index >= 15 is 0 Å². The standard InChI is InChI=1S/C28H46N4O6S/c1-9-18(5)24(30-25(34)21-13-11-12-14-31(21)7)27(35)32(8)22(17(3)4)15-23(38-19(6)33)26-29-20(16-39-26)28(36)37-10-2/h16-18,21-24H,9-15H2,1-8H3,(H,30,34)/t18-,21+,22+,23+,24-/m0/s1. The molecule has 10 nitrogen and oxygen atoms in total. The van der Waals surface area contributed by atoms with Crippen LogP contribution in [-0.4, -0.2) is 83.9 Å². The van der Waals surface area contributed by atoms with Crippen molar-refractivity contribution in [2.45, 2.75) is 97.9 Å². The van der Waals surface area contributed by atoms with Gasteiger partial charge in [0, 0.05) is 31.8 Å². The van der Waals surface area contributed by atoms with Crippen molar-refractivity contribution in [1.82, 2.24) is 20.1 Å². The molecule has 220 valence electrons. The molecule has 0 spiro atoms. The van der Waals surface area contributed by atoms with E-state index in [2.05, 4.69) is 15.2 Å². The van der Waals surface area contributed by atoms with Crippen LogP contribution in [-0.2, 0) is 23.9 Å². The first-order chi connectivity index (χ1) is 18.4. The van der Waals surface area contributed by atoms with E-state index in [0.717, 1.165) is 32.2 Å². The average molecular weight is 567 g/mol. The zero-order valence-electron chi connectivity index (χ0n) is 24.7. The number of hydrogen-bond acceptors (Lipinski definition) is 9. The Morgan fingerprint density at radius 1 is 1.21 bits per heavy atom. The third kappa shape index (κ3) is 8.99. The van der Waals surface area contributed by atoms with Crippen LogP contribution in [0.4, 0.5) is 0 Å². The molecule has 0 aromatic carbocycles. The van der Waals surface area contributed by atoms with Crippen molar-refractivity contribution in [3.63, 3.8) is 0 Å². The molecule has 11 heteroatoms. The highest BCUT2D eigenvalue weighted by Gasteiger charge is 2.37. The Morgan fingerprint density at radius 2 is 1.90 bits per heavy atom. The number of carbonyl (C=O) groups is 4. The summed E-state index contributed by atoms with van der Waals surface area (Å²) in [4.78, 5) is 59.4. The number of hydrogen-bond donors (Lipinski definition) is 1. The fourth-order valence-corrected chi connectivity index (χ4v) is 5.78. The van der Waals surface area contributed by atoms with Crippen molar-refractivity contribution in [3.05, 3.63) is 16.1 Å². The molecule has 1 N–H and O–H groups in total. The molecule has 0 bridgehead atoms. The molecule has 1 fully saturated rings. The van der Waals surface area contributed by atoms with Gasteiger partial charge in [0.05, 0.1) is 12.6 Å². The van der Waals surface area contributed by atoms with Crippen molar-refractivity contribution in [2.75, 3.05) is 27.2 Å². The van der Waals surface area contributed by atoms with Gasteiger partial charge in [0.15, 0.2) is 11.8 Å². The molecular weight excluding hydrogens is 520 g/mol.